The number of thioether (sulfide) groups is 1. The van der Waals surface area contributed by atoms with Crippen LogP contribution in [-0.2, 0) is 9.53 Å². The molecule has 1 aromatic rings. The van der Waals surface area contributed by atoms with Gasteiger partial charge in [-0.2, -0.15) is 0 Å². The van der Waals surface area contributed by atoms with Crippen LogP contribution in [0.25, 0.3) is 0 Å². The third-order valence-corrected chi connectivity index (χ3v) is 8.73. The highest BCUT2D eigenvalue weighted by Crippen LogP contribution is 2.34. The molecule has 2 aliphatic carbocycles. The van der Waals surface area contributed by atoms with E-state index in [9.17, 15) is 4.79 Å². The SMILES string of the molecule is O=C(CSc1nnc(NC2CCCCC2)s1)NCC1(N2CCOCC2)CCCCC1. The summed E-state index contributed by atoms with van der Waals surface area (Å²) in [5.74, 6) is 0.493. The fourth-order valence-electron chi connectivity index (χ4n) is 5.04. The average molecular weight is 454 g/mol. The standard InChI is InChI=1S/C21H35N5O2S2/c27-18(15-29-20-25-24-19(30-20)23-17-7-3-1-4-8-17)22-16-21(9-5-2-6-10-21)26-11-13-28-14-12-26/h17H,1-16H2,(H,22,27)(H,23,24). The van der Waals surface area contributed by atoms with Crippen molar-refractivity contribution in [3.63, 3.8) is 0 Å². The van der Waals surface area contributed by atoms with E-state index in [4.69, 9.17) is 4.74 Å². The Labute approximate surface area is 188 Å². The molecule has 1 amide bonds. The van der Waals surface area contributed by atoms with Crippen LogP contribution in [0.3, 0.4) is 0 Å². The van der Waals surface area contributed by atoms with Gasteiger partial charge in [0.2, 0.25) is 11.0 Å². The van der Waals surface area contributed by atoms with Gasteiger partial charge in [-0.25, -0.2) is 0 Å². The van der Waals surface area contributed by atoms with Crippen molar-refractivity contribution in [2.45, 2.75) is 80.1 Å². The Kier molecular flexibility index (Phi) is 8.26. The third-order valence-electron chi connectivity index (χ3n) is 6.75. The second-order valence-corrected chi connectivity index (χ2v) is 11.0. The maximum absolute atomic E-state index is 12.6. The van der Waals surface area contributed by atoms with E-state index in [1.807, 2.05) is 0 Å². The molecule has 4 rings (SSSR count). The molecule has 0 bridgehead atoms. The summed E-state index contributed by atoms with van der Waals surface area (Å²) in [4.78, 5) is 15.1. The topological polar surface area (TPSA) is 79.4 Å². The van der Waals surface area contributed by atoms with Gasteiger partial charge >= 0.3 is 0 Å². The number of morpholine rings is 1. The van der Waals surface area contributed by atoms with Gasteiger partial charge in [-0.3, -0.25) is 9.69 Å². The molecule has 168 valence electrons. The number of carbonyl (C=O) groups is 1. The minimum atomic E-state index is 0.0928. The first-order chi connectivity index (χ1) is 14.7. The molecule has 0 spiro atoms. The molecule has 1 saturated heterocycles. The number of hydrogen-bond acceptors (Lipinski definition) is 8. The van der Waals surface area contributed by atoms with Gasteiger partial charge in [0.05, 0.1) is 19.0 Å². The Morgan fingerprint density at radius 1 is 1.10 bits per heavy atom. The number of amides is 1. The highest BCUT2D eigenvalue weighted by atomic mass is 32.2. The lowest BCUT2D eigenvalue weighted by atomic mass is 9.79. The molecule has 3 fully saturated rings. The van der Waals surface area contributed by atoms with Crippen LogP contribution in [0.4, 0.5) is 5.13 Å². The van der Waals surface area contributed by atoms with Gasteiger partial charge < -0.3 is 15.4 Å². The molecule has 0 radical (unpaired) electrons. The monoisotopic (exact) mass is 453 g/mol. The molecule has 30 heavy (non-hydrogen) atoms. The number of nitrogens with zero attached hydrogens (tertiary/aromatic N) is 3. The van der Waals surface area contributed by atoms with E-state index in [2.05, 4.69) is 25.7 Å². The lowest BCUT2D eigenvalue weighted by Crippen LogP contribution is -2.59. The van der Waals surface area contributed by atoms with Gasteiger partial charge in [-0.1, -0.05) is 61.6 Å². The van der Waals surface area contributed by atoms with Gasteiger partial charge in [0.15, 0.2) is 4.34 Å². The third kappa shape index (κ3) is 6.08. The quantitative estimate of drug-likeness (QED) is 0.583. The largest absolute Gasteiger partial charge is 0.379 e. The van der Waals surface area contributed by atoms with Crippen LogP contribution in [0, 0.1) is 0 Å². The van der Waals surface area contributed by atoms with Crippen LogP contribution >= 0.6 is 23.1 Å². The minimum absolute atomic E-state index is 0.0928. The number of rotatable bonds is 8. The van der Waals surface area contributed by atoms with Crippen molar-refractivity contribution in [1.29, 1.82) is 0 Å². The Morgan fingerprint density at radius 2 is 1.83 bits per heavy atom. The maximum Gasteiger partial charge on any atom is 0.230 e. The summed E-state index contributed by atoms with van der Waals surface area (Å²) in [6.07, 6.45) is 12.5. The van der Waals surface area contributed by atoms with Crippen molar-refractivity contribution < 1.29 is 9.53 Å². The number of ether oxygens (including phenoxy) is 1. The second-order valence-electron chi connectivity index (χ2n) is 8.80. The van der Waals surface area contributed by atoms with Crippen LogP contribution < -0.4 is 10.6 Å². The Hall–Kier alpha value is -0.900. The van der Waals surface area contributed by atoms with Gasteiger partial charge in [-0.05, 0) is 25.7 Å². The minimum Gasteiger partial charge on any atom is -0.379 e. The fourth-order valence-corrected chi connectivity index (χ4v) is 6.70. The lowest BCUT2D eigenvalue weighted by molar-refractivity contribution is -0.119. The lowest BCUT2D eigenvalue weighted by Gasteiger charge is -2.48. The summed E-state index contributed by atoms with van der Waals surface area (Å²) < 4.78 is 6.41. The zero-order chi connectivity index (χ0) is 20.7. The van der Waals surface area contributed by atoms with Crippen molar-refractivity contribution in [2.75, 3.05) is 43.9 Å². The molecule has 0 unspecified atom stereocenters. The first-order valence-corrected chi connectivity index (χ1v) is 13.4. The summed E-state index contributed by atoms with van der Waals surface area (Å²) in [6, 6.07) is 0.528. The molecule has 9 heteroatoms. The number of nitrogens with one attached hydrogen (secondary N) is 2. The molecular weight excluding hydrogens is 418 g/mol. The molecule has 2 saturated carbocycles. The average Bonchev–Trinajstić information content (AvgIpc) is 3.25. The molecule has 1 aliphatic heterocycles. The van der Waals surface area contributed by atoms with E-state index in [1.54, 1.807) is 11.3 Å². The predicted molar refractivity (Wildman–Crippen MR) is 122 cm³/mol. The van der Waals surface area contributed by atoms with Crippen molar-refractivity contribution >= 4 is 34.1 Å². The molecule has 2 N–H and O–H groups in total. The molecule has 7 nitrogen and oxygen atoms in total. The smallest absolute Gasteiger partial charge is 0.230 e. The van der Waals surface area contributed by atoms with Crippen LogP contribution in [0.15, 0.2) is 4.34 Å². The summed E-state index contributed by atoms with van der Waals surface area (Å²) in [7, 11) is 0. The van der Waals surface area contributed by atoms with E-state index in [1.165, 1.54) is 76.0 Å². The number of aromatic nitrogens is 2. The van der Waals surface area contributed by atoms with Gasteiger partial charge in [0.25, 0.3) is 0 Å². The Morgan fingerprint density at radius 3 is 2.60 bits per heavy atom. The second kappa shape index (κ2) is 11.1. The molecule has 1 aromatic heterocycles. The summed E-state index contributed by atoms with van der Waals surface area (Å²) in [5.41, 5.74) is 0.113. The maximum atomic E-state index is 12.6. The highest BCUT2D eigenvalue weighted by molar-refractivity contribution is 8.01. The van der Waals surface area contributed by atoms with Gasteiger partial charge in [0, 0.05) is 31.2 Å². The van der Waals surface area contributed by atoms with Gasteiger partial charge in [-0.15, -0.1) is 10.2 Å². The van der Waals surface area contributed by atoms with E-state index in [0.29, 0.717) is 11.8 Å². The zero-order valence-electron chi connectivity index (χ0n) is 17.9. The number of anilines is 1. The van der Waals surface area contributed by atoms with Gasteiger partial charge in [0.1, 0.15) is 0 Å². The van der Waals surface area contributed by atoms with E-state index in [0.717, 1.165) is 42.3 Å². The van der Waals surface area contributed by atoms with E-state index in [-0.39, 0.29) is 11.4 Å². The Balaban J connectivity index is 1.23. The number of hydrogen-bond donors (Lipinski definition) is 2. The van der Waals surface area contributed by atoms with E-state index < -0.39 is 0 Å². The molecular formula is C21H35N5O2S2. The normalized spacial score (nSPS) is 23.2. The molecule has 0 aromatic carbocycles. The van der Waals surface area contributed by atoms with E-state index >= 15 is 0 Å². The summed E-state index contributed by atoms with van der Waals surface area (Å²) >= 11 is 3.06. The fraction of sp³-hybridized carbons (Fsp3) is 0.857. The zero-order valence-corrected chi connectivity index (χ0v) is 19.5. The van der Waals surface area contributed by atoms with Crippen LogP contribution in [0.5, 0.6) is 0 Å². The number of carbonyl (C=O) groups excluding carboxylic acids is 1. The molecule has 3 aliphatic rings. The van der Waals surface area contributed by atoms with Crippen molar-refractivity contribution in [1.82, 2.24) is 20.4 Å². The van der Waals surface area contributed by atoms with Crippen LogP contribution in [-0.4, -0.2) is 71.2 Å². The molecule has 0 atom stereocenters. The first kappa shape index (κ1) is 22.3. The predicted octanol–water partition coefficient (Wildman–Crippen LogP) is 3.53. The summed E-state index contributed by atoms with van der Waals surface area (Å²) in [5, 5.41) is 16.2. The molecule has 2 heterocycles. The Bertz CT molecular complexity index is 668. The van der Waals surface area contributed by atoms with Crippen molar-refractivity contribution in [3.8, 4) is 0 Å². The first-order valence-electron chi connectivity index (χ1n) is 11.6. The summed E-state index contributed by atoms with van der Waals surface area (Å²) in [6.45, 7) is 4.31. The van der Waals surface area contributed by atoms with Crippen LogP contribution in [0.1, 0.15) is 64.2 Å². The highest BCUT2D eigenvalue weighted by Gasteiger charge is 2.38. The van der Waals surface area contributed by atoms with Crippen LogP contribution in [0.2, 0.25) is 0 Å². The van der Waals surface area contributed by atoms with Crippen molar-refractivity contribution in [3.05, 3.63) is 0 Å². The van der Waals surface area contributed by atoms with Crippen molar-refractivity contribution in [2.24, 2.45) is 0 Å².